The Morgan fingerprint density at radius 1 is 1.18 bits per heavy atom. The number of carboxylic acids is 2. The molecule has 3 unspecified atom stereocenters. The van der Waals surface area contributed by atoms with Crippen molar-refractivity contribution < 1.29 is 39.0 Å². The number of thioether (sulfide) groups is 1. The van der Waals surface area contributed by atoms with Crippen LogP contribution in [0, 0.1) is 12.3 Å². The second kappa shape index (κ2) is 24.1. The molecule has 0 aliphatic heterocycles. The fourth-order valence-corrected chi connectivity index (χ4v) is 2.90. The predicted molar refractivity (Wildman–Crippen MR) is 144 cm³/mol. The number of nitrogens with two attached hydrogens (primary N) is 3. The molecule has 0 saturated carbocycles. The number of amides is 3. The molecule has 0 aliphatic carbocycles. The molecule has 15 nitrogen and oxygen atoms in total. The first-order chi connectivity index (χ1) is 17.7. The maximum Gasteiger partial charge on any atom is 0.322 e. The van der Waals surface area contributed by atoms with E-state index in [2.05, 4.69) is 27.2 Å². The molecule has 0 spiro atoms. The molecule has 12 N–H and O–H groups in total. The van der Waals surface area contributed by atoms with E-state index in [0.717, 1.165) is 5.75 Å². The Kier molecular flexibility index (Phi) is 24.9. The van der Waals surface area contributed by atoms with E-state index in [1.165, 1.54) is 11.8 Å². The summed E-state index contributed by atoms with van der Waals surface area (Å²) in [4.78, 5) is 64.7. The Morgan fingerprint density at radius 2 is 1.79 bits per heavy atom. The van der Waals surface area contributed by atoms with Gasteiger partial charge in [-0.3, -0.25) is 24.0 Å². The van der Waals surface area contributed by atoms with E-state index in [4.69, 9.17) is 33.8 Å². The fourth-order valence-electron chi connectivity index (χ4n) is 2.19. The van der Waals surface area contributed by atoms with Crippen LogP contribution in [0.3, 0.4) is 0 Å². The van der Waals surface area contributed by atoms with Crippen LogP contribution in [0.1, 0.15) is 33.1 Å². The van der Waals surface area contributed by atoms with Gasteiger partial charge in [-0.2, -0.15) is 11.8 Å². The molecule has 0 radical (unpaired) electrons. The number of carboxylic acid groups (broad SMARTS) is 2. The third-order valence-electron chi connectivity index (χ3n) is 3.94. The molecule has 0 aromatic carbocycles. The van der Waals surface area contributed by atoms with Gasteiger partial charge in [0.1, 0.15) is 24.9 Å². The molecule has 0 aliphatic rings. The van der Waals surface area contributed by atoms with Gasteiger partial charge in [0.2, 0.25) is 18.2 Å². The van der Waals surface area contributed by atoms with Crippen molar-refractivity contribution >= 4 is 48.2 Å². The van der Waals surface area contributed by atoms with Crippen molar-refractivity contribution in [3.63, 3.8) is 0 Å². The molecular formula is C22H41N7O8S. The summed E-state index contributed by atoms with van der Waals surface area (Å²) in [5, 5.41) is 26.9. The SMILES string of the molecule is C#CCNC.CC(N)(N)CC(C=O)NC=O.CCSCC(NC(=O)CCC(N)C(=O)O)C(=O)NCC(=O)O. The van der Waals surface area contributed by atoms with E-state index in [9.17, 15) is 28.8 Å². The van der Waals surface area contributed by atoms with Crippen LogP contribution in [0.15, 0.2) is 0 Å². The number of aldehydes is 1. The first kappa shape index (κ1) is 39.3. The van der Waals surface area contributed by atoms with E-state index in [-0.39, 0.29) is 19.3 Å². The first-order valence-corrected chi connectivity index (χ1v) is 12.5. The van der Waals surface area contributed by atoms with Crippen molar-refractivity contribution in [3.8, 4) is 12.3 Å². The molecule has 218 valence electrons. The quantitative estimate of drug-likeness (QED) is 0.0479. The van der Waals surface area contributed by atoms with Gasteiger partial charge in [-0.25, -0.2) is 0 Å². The molecule has 0 heterocycles. The minimum absolute atomic E-state index is 0.0500. The summed E-state index contributed by atoms with van der Waals surface area (Å²) in [6, 6.07) is -2.61. The van der Waals surface area contributed by atoms with Crippen LogP contribution in [0.2, 0.25) is 0 Å². The highest BCUT2D eigenvalue weighted by Gasteiger charge is 2.22. The summed E-state index contributed by atoms with van der Waals surface area (Å²) in [5.41, 5.74) is 15.2. The van der Waals surface area contributed by atoms with Crippen molar-refractivity contribution in [1.29, 1.82) is 0 Å². The molecule has 3 amide bonds. The minimum Gasteiger partial charge on any atom is -0.480 e. The number of terminal acetylenes is 1. The van der Waals surface area contributed by atoms with Crippen molar-refractivity contribution in [2.45, 2.75) is 56.9 Å². The molecule has 0 aromatic heterocycles. The molecular weight excluding hydrogens is 522 g/mol. The molecule has 16 heteroatoms. The lowest BCUT2D eigenvalue weighted by atomic mass is 10.1. The van der Waals surface area contributed by atoms with E-state index in [1.807, 2.05) is 14.0 Å². The van der Waals surface area contributed by atoms with Crippen LogP contribution in [-0.4, -0.2) is 102 Å². The van der Waals surface area contributed by atoms with Gasteiger partial charge in [-0.05, 0) is 26.1 Å². The molecule has 0 aromatic rings. The molecule has 3 atom stereocenters. The van der Waals surface area contributed by atoms with Crippen LogP contribution in [0.4, 0.5) is 0 Å². The average Bonchev–Trinajstić information content (AvgIpc) is 2.83. The van der Waals surface area contributed by atoms with Gasteiger partial charge in [0.05, 0.1) is 18.2 Å². The number of rotatable bonds is 17. The summed E-state index contributed by atoms with van der Waals surface area (Å²) in [6.45, 7) is 3.59. The van der Waals surface area contributed by atoms with Gasteiger partial charge >= 0.3 is 11.9 Å². The van der Waals surface area contributed by atoms with Gasteiger partial charge in [0.25, 0.3) is 0 Å². The summed E-state index contributed by atoms with van der Waals surface area (Å²) < 4.78 is 0. The Labute approximate surface area is 226 Å². The van der Waals surface area contributed by atoms with Crippen LogP contribution >= 0.6 is 11.8 Å². The fraction of sp³-hybridized carbons (Fsp3) is 0.636. The highest BCUT2D eigenvalue weighted by Crippen LogP contribution is 2.04. The van der Waals surface area contributed by atoms with Crippen LogP contribution in [-0.2, 0) is 28.8 Å². The smallest absolute Gasteiger partial charge is 0.322 e. The third-order valence-corrected chi connectivity index (χ3v) is 4.92. The molecule has 38 heavy (non-hydrogen) atoms. The van der Waals surface area contributed by atoms with Gasteiger partial charge in [-0.15, -0.1) is 6.42 Å². The Morgan fingerprint density at radius 3 is 2.16 bits per heavy atom. The van der Waals surface area contributed by atoms with Crippen LogP contribution in [0.5, 0.6) is 0 Å². The van der Waals surface area contributed by atoms with Crippen LogP contribution in [0.25, 0.3) is 0 Å². The number of aliphatic carboxylic acids is 2. The molecule has 0 fully saturated rings. The number of hydrogen-bond donors (Lipinski definition) is 9. The highest BCUT2D eigenvalue weighted by atomic mass is 32.2. The number of carbonyl (C=O) groups excluding carboxylic acids is 4. The number of hydrogen-bond acceptors (Lipinski definition) is 11. The lowest BCUT2D eigenvalue weighted by Gasteiger charge is -2.21. The molecule has 0 rings (SSSR count). The summed E-state index contributed by atoms with van der Waals surface area (Å²) >= 11 is 1.41. The predicted octanol–water partition coefficient (Wildman–Crippen LogP) is -3.22. The maximum absolute atomic E-state index is 11.8. The van der Waals surface area contributed by atoms with E-state index in [1.54, 1.807) is 6.92 Å². The molecule has 0 bridgehead atoms. The third kappa shape index (κ3) is 27.4. The summed E-state index contributed by atoms with van der Waals surface area (Å²) in [7, 11) is 1.82. The van der Waals surface area contributed by atoms with Gasteiger partial charge in [0, 0.05) is 18.6 Å². The van der Waals surface area contributed by atoms with Gasteiger partial charge in [-0.1, -0.05) is 12.8 Å². The largest absolute Gasteiger partial charge is 0.480 e. The number of nitrogens with one attached hydrogen (secondary N) is 4. The second-order valence-corrected chi connectivity index (χ2v) is 9.16. The van der Waals surface area contributed by atoms with Crippen molar-refractivity contribution in [3.05, 3.63) is 0 Å². The first-order valence-electron chi connectivity index (χ1n) is 11.3. The Balaban J connectivity index is -0.000000631. The maximum atomic E-state index is 11.8. The van der Waals surface area contributed by atoms with Crippen molar-refractivity contribution in [1.82, 2.24) is 21.3 Å². The topological polar surface area (TPSA) is 269 Å². The van der Waals surface area contributed by atoms with E-state index >= 15 is 0 Å². The number of carbonyl (C=O) groups is 6. The zero-order valence-electron chi connectivity index (χ0n) is 21.9. The lowest BCUT2D eigenvalue weighted by Crippen LogP contribution is -2.51. The Bertz CT molecular complexity index is 772. The second-order valence-electron chi connectivity index (χ2n) is 7.85. The van der Waals surface area contributed by atoms with Gasteiger partial charge < -0.3 is 53.5 Å². The summed E-state index contributed by atoms with van der Waals surface area (Å²) in [5.74, 6) is -0.0767. The highest BCUT2D eigenvalue weighted by molar-refractivity contribution is 7.99. The normalized spacial score (nSPS) is 12.3. The van der Waals surface area contributed by atoms with Gasteiger partial charge in [0.15, 0.2) is 0 Å². The zero-order valence-corrected chi connectivity index (χ0v) is 22.7. The van der Waals surface area contributed by atoms with Crippen molar-refractivity contribution in [2.75, 3.05) is 31.6 Å². The van der Waals surface area contributed by atoms with Crippen LogP contribution < -0.4 is 38.5 Å². The minimum atomic E-state index is -1.20. The molecule has 0 saturated heterocycles. The lowest BCUT2D eigenvalue weighted by molar-refractivity contribution is -0.139. The van der Waals surface area contributed by atoms with E-state index in [0.29, 0.717) is 25.0 Å². The standard InChI is InChI=1S/C12H21N3O6S.C6H13N3O2.C4H7N/c1-2-22-6-8(11(19)14-5-10(17)18)15-9(16)4-3-7(13)12(20)21;1-6(7,8)2-5(3-10)9-4-11;1-3-4-5-2/h7-8H,2-6,13H2,1H3,(H,14,19)(H,15,16)(H,17,18)(H,20,21);3-5H,2,7-8H2,1H3,(H,9,11);1,5H,4H2,2H3. The zero-order chi connectivity index (χ0) is 30.1. The van der Waals surface area contributed by atoms with E-state index < -0.39 is 54.1 Å². The Hall–Kier alpha value is -3.23. The monoisotopic (exact) mass is 563 g/mol. The van der Waals surface area contributed by atoms with Crippen molar-refractivity contribution in [2.24, 2.45) is 17.2 Å². The average molecular weight is 564 g/mol. The summed E-state index contributed by atoms with van der Waals surface area (Å²) in [6.07, 6.45) is 5.93.